The van der Waals surface area contributed by atoms with Crippen LogP contribution in [0.15, 0.2) is 91.0 Å². The molecule has 0 N–H and O–H groups in total. The zero-order valence-corrected chi connectivity index (χ0v) is 46.8. The van der Waals surface area contributed by atoms with Crippen molar-refractivity contribution >= 4 is 100 Å². The second-order valence-corrected chi connectivity index (χ2v) is 24.7. The van der Waals surface area contributed by atoms with Crippen molar-refractivity contribution in [2.45, 2.75) is 111 Å². The molecule has 3 aromatic heterocycles. The molecule has 6 heterocycles. The van der Waals surface area contributed by atoms with E-state index in [9.17, 15) is 0 Å². The van der Waals surface area contributed by atoms with Crippen LogP contribution in [-0.2, 0) is 19.6 Å². The quantitative estimate of drug-likeness (QED) is 0.153. The first-order valence-electron chi connectivity index (χ1n) is 18.7. The van der Waals surface area contributed by atoms with Crippen LogP contribution in [0.1, 0.15) is 58.2 Å². The van der Waals surface area contributed by atoms with Gasteiger partial charge in [-0.2, -0.15) is 13.7 Å². The van der Waals surface area contributed by atoms with E-state index in [1.54, 1.807) is 0 Å². The summed E-state index contributed by atoms with van der Waals surface area (Å²) in [7, 11) is 0. The minimum Gasteiger partial charge on any atom is -1.00 e. The molecule has 3 atom stereocenters. The number of hydrogen-bond donors (Lipinski definition) is 0. The van der Waals surface area contributed by atoms with Gasteiger partial charge >= 0.3 is 17.6 Å². The number of hydrogen-bond acceptors (Lipinski definition) is 3. The molecule has 3 aliphatic heterocycles. The van der Waals surface area contributed by atoms with Gasteiger partial charge in [0.2, 0.25) is 16.6 Å². The van der Waals surface area contributed by atoms with Crippen LogP contribution in [0.25, 0.3) is 32.7 Å². The molecule has 306 valence electrons. The van der Waals surface area contributed by atoms with E-state index < -0.39 is 0 Å². The lowest BCUT2D eigenvalue weighted by Crippen LogP contribution is -3.00. The molecule has 0 saturated heterocycles. The standard InChI is InChI=1S/3C15H17INO.3HI/c3*1-10-8-14-17(9-13(18-14)15(2,3)16)12-7-5-4-6-11(10)12;;;/h3*4-8,13H,9H2,1-3H3;3*1H/q3*+1;;;/p-3. The van der Waals surface area contributed by atoms with E-state index in [1.807, 2.05) is 0 Å². The Labute approximate surface area is 430 Å². The van der Waals surface area contributed by atoms with Crippen molar-refractivity contribution in [2.75, 3.05) is 0 Å². The van der Waals surface area contributed by atoms with Gasteiger partial charge in [0.25, 0.3) is 0 Å². The number of nitrogens with zero attached hydrogens (tertiary/aromatic N) is 3. The molecule has 0 fully saturated rings. The lowest BCUT2D eigenvalue weighted by Gasteiger charge is -2.20. The number of ether oxygens (including phenoxy) is 3. The normalized spacial score (nSPS) is 17.8. The van der Waals surface area contributed by atoms with Crippen molar-refractivity contribution in [3.05, 3.63) is 108 Å². The molecule has 0 aliphatic carbocycles. The highest BCUT2D eigenvalue weighted by atomic mass is 127. The summed E-state index contributed by atoms with van der Waals surface area (Å²) < 4.78 is 25.7. The zero-order chi connectivity index (χ0) is 38.7. The Kier molecular flexibility index (Phi) is 16.8. The van der Waals surface area contributed by atoms with Gasteiger partial charge in [-0.05, 0) is 97.2 Å². The van der Waals surface area contributed by atoms with Gasteiger partial charge in [-0.25, -0.2) is 0 Å². The number of para-hydroxylation sites is 3. The number of fused-ring (bicyclic) bond motifs is 9. The van der Waals surface area contributed by atoms with Gasteiger partial charge in [0.1, 0.15) is 0 Å². The maximum atomic E-state index is 6.12. The Morgan fingerprint density at radius 3 is 0.895 bits per heavy atom. The molecule has 3 unspecified atom stereocenters. The third-order valence-electron chi connectivity index (χ3n) is 10.8. The van der Waals surface area contributed by atoms with Gasteiger partial charge in [0, 0.05) is 34.4 Å². The minimum atomic E-state index is 0. The van der Waals surface area contributed by atoms with E-state index in [-0.39, 0.29) is 101 Å². The first kappa shape index (κ1) is 49.3. The monoisotopic (exact) mass is 1440 g/mol. The van der Waals surface area contributed by atoms with Crippen LogP contribution < -0.4 is 99.8 Å². The fourth-order valence-electron chi connectivity index (χ4n) is 7.48. The number of aromatic nitrogens is 3. The van der Waals surface area contributed by atoms with Crippen LogP contribution in [0, 0.1) is 20.8 Å². The van der Waals surface area contributed by atoms with E-state index in [2.05, 4.69) is 235 Å². The lowest BCUT2D eigenvalue weighted by atomic mass is 10.1. The molecule has 0 saturated carbocycles. The zero-order valence-electron chi connectivity index (χ0n) is 33.8. The Bertz CT molecular complexity index is 2120. The molecule has 3 aliphatic rings. The molecule has 6 aromatic rings. The first-order chi connectivity index (χ1) is 25.4. The molecule has 0 bridgehead atoms. The second-order valence-electron chi connectivity index (χ2n) is 16.4. The molecule has 0 radical (unpaired) electrons. The summed E-state index contributed by atoms with van der Waals surface area (Å²) in [6.07, 6.45) is 0.718. The number of pyridine rings is 3. The molecule has 3 aromatic carbocycles. The predicted octanol–water partition coefficient (Wildman–Crippen LogP) is 1.24. The highest BCUT2D eigenvalue weighted by Gasteiger charge is 2.43. The van der Waals surface area contributed by atoms with Crippen LogP contribution in [0.4, 0.5) is 0 Å². The number of rotatable bonds is 3. The Hall–Kier alpha value is -0.330. The fraction of sp³-hybridized carbons (Fsp3) is 0.400. The second kappa shape index (κ2) is 19.4. The van der Waals surface area contributed by atoms with Gasteiger partial charge in [-0.15, -0.1) is 0 Å². The SMILES string of the molecule is Cc1cc2[n+](c3ccccc13)CC(C(C)(C)I)O2.Cc1cc2[n+](c3ccccc13)CC(C(C)(C)I)O2.Cc1cc2[n+](c3ccccc13)CC(C(C)(C)I)O2.[I-].[I-].[I-]. The Balaban J connectivity index is 0.000000185. The molecule has 57 heavy (non-hydrogen) atoms. The third kappa shape index (κ3) is 10.7. The van der Waals surface area contributed by atoms with Crippen LogP contribution in [-0.4, -0.2) is 28.6 Å². The van der Waals surface area contributed by atoms with Gasteiger partial charge in [0.05, 0.1) is 28.5 Å². The number of aryl methyl sites for hydroxylation is 3. The molecular formula is C45H51I6N3O3. The van der Waals surface area contributed by atoms with Crippen molar-refractivity contribution in [3.8, 4) is 17.6 Å². The van der Waals surface area contributed by atoms with Crippen molar-refractivity contribution < 1.29 is 99.8 Å². The van der Waals surface area contributed by atoms with E-state index in [0.717, 1.165) is 37.3 Å². The van der Waals surface area contributed by atoms with Crippen molar-refractivity contribution in [1.82, 2.24) is 0 Å². The van der Waals surface area contributed by atoms with E-state index in [1.165, 1.54) is 49.4 Å². The number of benzene rings is 3. The maximum Gasteiger partial charge on any atom is 0.369 e. The van der Waals surface area contributed by atoms with E-state index in [0.29, 0.717) is 0 Å². The Morgan fingerprint density at radius 1 is 0.439 bits per heavy atom. The molecule has 6 nitrogen and oxygen atoms in total. The molecule has 12 heteroatoms. The largest absolute Gasteiger partial charge is 1.00 e. The summed E-state index contributed by atoms with van der Waals surface area (Å²) >= 11 is 7.41. The summed E-state index contributed by atoms with van der Waals surface area (Å²) in [5, 5.41) is 3.95. The molecule has 9 rings (SSSR count). The summed E-state index contributed by atoms with van der Waals surface area (Å²) in [6, 6.07) is 32.1. The van der Waals surface area contributed by atoms with Crippen molar-refractivity contribution in [3.63, 3.8) is 0 Å². The van der Waals surface area contributed by atoms with Gasteiger partial charge in [0.15, 0.2) is 37.9 Å². The number of halogens is 6. The lowest BCUT2D eigenvalue weighted by molar-refractivity contribution is -0.656. The first-order valence-corrected chi connectivity index (χ1v) is 22.0. The third-order valence-corrected chi connectivity index (χ3v) is 12.9. The fourth-order valence-corrected chi connectivity index (χ4v) is 8.45. The van der Waals surface area contributed by atoms with Gasteiger partial charge in [-0.1, -0.05) is 104 Å². The summed E-state index contributed by atoms with van der Waals surface area (Å²) in [4.78, 5) is 0. The molecule has 0 amide bonds. The average Bonchev–Trinajstić information content (AvgIpc) is 3.87. The highest BCUT2D eigenvalue weighted by molar-refractivity contribution is 14.1. The summed E-state index contributed by atoms with van der Waals surface area (Å²) in [6.45, 7) is 22.6. The smallest absolute Gasteiger partial charge is 0.369 e. The topological polar surface area (TPSA) is 39.3 Å². The van der Waals surface area contributed by atoms with Crippen LogP contribution in [0.2, 0.25) is 0 Å². The summed E-state index contributed by atoms with van der Waals surface area (Å²) in [5.74, 6) is 3.00. The summed E-state index contributed by atoms with van der Waals surface area (Å²) in [5.41, 5.74) is 7.67. The highest BCUT2D eigenvalue weighted by Crippen LogP contribution is 2.34. The Morgan fingerprint density at radius 2 is 0.667 bits per heavy atom. The van der Waals surface area contributed by atoms with Crippen molar-refractivity contribution in [2.24, 2.45) is 0 Å². The number of alkyl halides is 3. The maximum absolute atomic E-state index is 6.12. The van der Waals surface area contributed by atoms with Gasteiger partial charge in [-0.3, -0.25) is 0 Å². The predicted molar refractivity (Wildman–Crippen MR) is 244 cm³/mol. The van der Waals surface area contributed by atoms with E-state index in [4.69, 9.17) is 14.2 Å². The molecular weight excluding hydrogens is 1390 g/mol. The van der Waals surface area contributed by atoms with Crippen LogP contribution in [0.3, 0.4) is 0 Å². The van der Waals surface area contributed by atoms with Gasteiger partial charge < -0.3 is 86.1 Å². The van der Waals surface area contributed by atoms with Crippen LogP contribution in [0.5, 0.6) is 17.6 Å². The average molecular weight is 1440 g/mol. The molecule has 0 spiro atoms. The van der Waals surface area contributed by atoms with Crippen LogP contribution >= 0.6 is 67.8 Å². The minimum absolute atomic E-state index is 0. The van der Waals surface area contributed by atoms with Crippen molar-refractivity contribution in [1.29, 1.82) is 0 Å². The van der Waals surface area contributed by atoms with E-state index >= 15 is 0 Å².